The van der Waals surface area contributed by atoms with Gasteiger partial charge in [-0.3, -0.25) is 14.7 Å². The molecule has 5 nitrogen and oxygen atoms in total. The summed E-state index contributed by atoms with van der Waals surface area (Å²) in [6.07, 6.45) is 2.35. The molecule has 1 aliphatic rings. The van der Waals surface area contributed by atoms with Gasteiger partial charge in [-0.25, -0.2) is 4.98 Å². The number of aromatic amines is 1. The number of nitrogens with one attached hydrogen (secondary N) is 1. The van der Waals surface area contributed by atoms with Crippen molar-refractivity contribution in [2.45, 2.75) is 19.5 Å². The molecule has 1 aromatic carbocycles. The van der Waals surface area contributed by atoms with Crippen molar-refractivity contribution in [1.82, 2.24) is 19.9 Å². The molecule has 7 heteroatoms. The van der Waals surface area contributed by atoms with Crippen molar-refractivity contribution >= 4 is 23.2 Å². The summed E-state index contributed by atoms with van der Waals surface area (Å²) in [5.41, 5.74) is 3.17. The molecule has 0 unspecified atom stereocenters. The predicted octanol–water partition coefficient (Wildman–Crippen LogP) is 3.70. The van der Waals surface area contributed by atoms with Crippen molar-refractivity contribution in [2.75, 3.05) is 6.54 Å². The van der Waals surface area contributed by atoms with Gasteiger partial charge in [0.05, 0.1) is 5.69 Å². The minimum atomic E-state index is -0.0823. The molecule has 132 valence electrons. The smallest absolute Gasteiger partial charge is 0.254 e. The predicted molar refractivity (Wildman–Crippen MR) is 102 cm³/mol. The Morgan fingerprint density at radius 2 is 1.96 bits per heavy atom. The second kappa shape index (κ2) is 7.19. The van der Waals surface area contributed by atoms with Crippen LogP contribution in [0.2, 0.25) is 10.0 Å². The second-order valence-corrected chi connectivity index (χ2v) is 7.17. The third-order valence-electron chi connectivity index (χ3n) is 4.39. The fourth-order valence-electron chi connectivity index (χ4n) is 3.21. The molecular formula is C19H16Cl2N4O. The van der Waals surface area contributed by atoms with Gasteiger partial charge in [0.2, 0.25) is 0 Å². The highest BCUT2D eigenvalue weighted by atomic mass is 35.5. The fourth-order valence-corrected chi connectivity index (χ4v) is 3.78. The van der Waals surface area contributed by atoms with Crippen LogP contribution < -0.4 is 5.56 Å². The molecule has 0 aliphatic carbocycles. The van der Waals surface area contributed by atoms with E-state index in [1.54, 1.807) is 12.3 Å². The van der Waals surface area contributed by atoms with Gasteiger partial charge in [0.1, 0.15) is 5.69 Å². The van der Waals surface area contributed by atoms with Gasteiger partial charge < -0.3 is 4.98 Å². The van der Waals surface area contributed by atoms with Gasteiger partial charge >= 0.3 is 0 Å². The van der Waals surface area contributed by atoms with Crippen LogP contribution in [0.15, 0.2) is 47.4 Å². The fraction of sp³-hybridized carbons (Fsp3) is 0.211. The Hall–Kier alpha value is -2.21. The van der Waals surface area contributed by atoms with Crippen molar-refractivity contribution in [2.24, 2.45) is 0 Å². The quantitative estimate of drug-likeness (QED) is 0.745. The van der Waals surface area contributed by atoms with Gasteiger partial charge in [0.25, 0.3) is 5.56 Å². The summed E-state index contributed by atoms with van der Waals surface area (Å²) >= 11 is 12.2. The second-order valence-electron chi connectivity index (χ2n) is 6.29. The van der Waals surface area contributed by atoms with Crippen molar-refractivity contribution in [1.29, 1.82) is 0 Å². The molecule has 3 heterocycles. The zero-order valence-electron chi connectivity index (χ0n) is 13.9. The van der Waals surface area contributed by atoms with Crippen molar-refractivity contribution in [3.8, 4) is 11.5 Å². The van der Waals surface area contributed by atoms with Gasteiger partial charge in [-0.1, -0.05) is 29.3 Å². The highest BCUT2D eigenvalue weighted by molar-refractivity contribution is 6.34. The van der Waals surface area contributed by atoms with Crippen molar-refractivity contribution in [3.63, 3.8) is 0 Å². The van der Waals surface area contributed by atoms with Crippen LogP contribution in [0, 0.1) is 0 Å². The monoisotopic (exact) mass is 386 g/mol. The Bertz CT molecular complexity index is 984. The lowest BCUT2D eigenvalue weighted by atomic mass is 10.1. The number of pyridine rings is 1. The van der Waals surface area contributed by atoms with E-state index >= 15 is 0 Å². The molecule has 0 radical (unpaired) electrons. The topological polar surface area (TPSA) is 61.9 Å². The lowest BCUT2D eigenvalue weighted by molar-refractivity contribution is 0.240. The highest BCUT2D eigenvalue weighted by Gasteiger charge is 2.22. The third-order valence-corrected chi connectivity index (χ3v) is 4.83. The van der Waals surface area contributed by atoms with E-state index in [4.69, 9.17) is 23.2 Å². The van der Waals surface area contributed by atoms with E-state index in [2.05, 4.69) is 19.9 Å². The number of aromatic nitrogens is 3. The molecule has 0 spiro atoms. The molecule has 0 amide bonds. The zero-order valence-corrected chi connectivity index (χ0v) is 15.4. The zero-order chi connectivity index (χ0) is 18.1. The molecule has 2 aromatic heterocycles. The largest absolute Gasteiger partial charge is 0.305 e. The summed E-state index contributed by atoms with van der Waals surface area (Å²) < 4.78 is 0. The Labute approximate surface area is 160 Å². The first-order chi connectivity index (χ1) is 12.6. The van der Waals surface area contributed by atoms with E-state index in [-0.39, 0.29) is 5.56 Å². The van der Waals surface area contributed by atoms with Crippen molar-refractivity contribution in [3.05, 3.63) is 79.8 Å². The molecule has 3 aromatic rings. The number of nitrogens with zero attached hydrogens (tertiary/aromatic N) is 3. The first-order valence-electron chi connectivity index (χ1n) is 8.29. The van der Waals surface area contributed by atoms with Gasteiger partial charge in [-0.15, -0.1) is 0 Å². The molecule has 0 saturated heterocycles. The van der Waals surface area contributed by atoms with Gasteiger partial charge in [0, 0.05) is 41.4 Å². The maximum absolute atomic E-state index is 12.4. The lowest BCUT2D eigenvalue weighted by Crippen LogP contribution is -2.35. The number of rotatable bonds is 3. The molecule has 0 bridgehead atoms. The number of fused-ring (bicyclic) bond motifs is 1. The number of benzene rings is 1. The van der Waals surface area contributed by atoms with Gasteiger partial charge in [-0.05, 0) is 42.3 Å². The third kappa shape index (κ3) is 3.65. The summed E-state index contributed by atoms with van der Waals surface area (Å²) in [6.45, 7) is 2.08. The summed E-state index contributed by atoms with van der Waals surface area (Å²) in [5.74, 6) is 0.502. The van der Waals surface area contributed by atoms with E-state index in [9.17, 15) is 4.79 Å². The van der Waals surface area contributed by atoms with E-state index in [1.165, 1.54) is 0 Å². The first-order valence-corrected chi connectivity index (χ1v) is 9.05. The molecule has 4 rings (SSSR count). The van der Waals surface area contributed by atoms with E-state index in [0.29, 0.717) is 41.1 Å². The molecule has 0 fully saturated rings. The van der Waals surface area contributed by atoms with E-state index in [1.807, 2.05) is 30.3 Å². The Morgan fingerprint density at radius 1 is 1.15 bits per heavy atom. The maximum atomic E-state index is 12.4. The van der Waals surface area contributed by atoms with Gasteiger partial charge in [0.15, 0.2) is 5.82 Å². The summed E-state index contributed by atoms with van der Waals surface area (Å²) in [4.78, 5) is 26.4. The Kier molecular flexibility index (Phi) is 4.76. The molecule has 0 atom stereocenters. The number of hydrogen-bond donors (Lipinski definition) is 1. The minimum absolute atomic E-state index is 0.0823. The molecular weight excluding hydrogens is 371 g/mol. The normalized spacial score (nSPS) is 14.2. The van der Waals surface area contributed by atoms with Crippen LogP contribution in [-0.4, -0.2) is 26.4 Å². The summed E-state index contributed by atoms with van der Waals surface area (Å²) in [5, 5.41) is 1.24. The average molecular weight is 387 g/mol. The first kappa shape index (κ1) is 17.2. The minimum Gasteiger partial charge on any atom is -0.305 e. The van der Waals surface area contributed by atoms with Crippen LogP contribution in [0.5, 0.6) is 0 Å². The van der Waals surface area contributed by atoms with Crippen LogP contribution in [-0.2, 0) is 19.5 Å². The average Bonchev–Trinajstić information content (AvgIpc) is 2.61. The molecule has 26 heavy (non-hydrogen) atoms. The van der Waals surface area contributed by atoms with Crippen LogP contribution in [0.3, 0.4) is 0 Å². The van der Waals surface area contributed by atoms with Crippen LogP contribution >= 0.6 is 23.2 Å². The van der Waals surface area contributed by atoms with Crippen LogP contribution in [0.4, 0.5) is 0 Å². The molecule has 1 aliphatic heterocycles. The molecule has 1 N–H and O–H groups in total. The standard InChI is InChI=1S/C19H16Cl2N4O/c20-13-7-12(8-14(21)9-13)10-25-6-4-15-17(11-25)23-18(24-19(15)26)16-3-1-2-5-22-16/h1-3,5,7-9H,4,6,10-11H2,(H,23,24,26). The SMILES string of the molecule is O=c1[nH]c(-c2ccccn2)nc2c1CCN(Cc1cc(Cl)cc(Cl)c1)C2. The number of H-pyrrole nitrogens is 1. The van der Waals surface area contributed by atoms with Crippen molar-refractivity contribution < 1.29 is 0 Å². The van der Waals surface area contributed by atoms with E-state index < -0.39 is 0 Å². The number of hydrogen-bond acceptors (Lipinski definition) is 4. The Morgan fingerprint density at radius 3 is 2.69 bits per heavy atom. The van der Waals surface area contributed by atoms with E-state index in [0.717, 1.165) is 23.4 Å². The highest BCUT2D eigenvalue weighted by Crippen LogP contribution is 2.23. The molecule has 0 saturated carbocycles. The van der Waals surface area contributed by atoms with Gasteiger partial charge in [-0.2, -0.15) is 0 Å². The van der Waals surface area contributed by atoms with Crippen LogP contribution in [0.25, 0.3) is 11.5 Å². The maximum Gasteiger partial charge on any atom is 0.254 e. The Balaban J connectivity index is 1.61. The van der Waals surface area contributed by atoms with Crippen LogP contribution in [0.1, 0.15) is 16.8 Å². The summed E-state index contributed by atoms with van der Waals surface area (Å²) in [6, 6.07) is 11.1. The lowest BCUT2D eigenvalue weighted by Gasteiger charge is -2.27. The number of halogens is 2. The summed E-state index contributed by atoms with van der Waals surface area (Å²) in [7, 11) is 0.